The smallest absolute Gasteiger partial charge is 0.161 e. The van der Waals surface area contributed by atoms with Gasteiger partial charge in [0.05, 0.1) is 11.6 Å². The number of benzene rings is 2. The summed E-state index contributed by atoms with van der Waals surface area (Å²) in [6.45, 7) is 3.34. The van der Waals surface area contributed by atoms with Gasteiger partial charge < -0.3 is 14.8 Å². The Kier molecular flexibility index (Phi) is 6.75. The van der Waals surface area contributed by atoms with Crippen LogP contribution in [0.3, 0.4) is 0 Å². The highest BCUT2D eigenvalue weighted by molar-refractivity contribution is 6.31. The molecule has 0 spiro atoms. The summed E-state index contributed by atoms with van der Waals surface area (Å²) in [4.78, 5) is 0. The van der Waals surface area contributed by atoms with Gasteiger partial charge in [-0.25, -0.2) is 4.39 Å². The number of nitrogens with one attached hydrogen (secondary N) is 1. The van der Waals surface area contributed by atoms with Gasteiger partial charge in [-0.2, -0.15) is 0 Å². The molecule has 0 radical (unpaired) electrons. The second-order valence-corrected chi connectivity index (χ2v) is 6.97. The van der Waals surface area contributed by atoms with E-state index in [-0.39, 0.29) is 12.4 Å². The molecule has 3 nitrogen and oxygen atoms in total. The van der Waals surface area contributed by atoms with E-state index in [1.165, 1.54) is 31.7 Å². The lowest BCUT2D eigenvalue weighted by atomic mass is 10.1. The number of rotatable bonds is 8. The Morgan fingerprint density at radius 2 is 1.92 bits per heavy atom. The lowest BCUT2D eigenvalue weighted by Crippen LogP contribution is -2.25. The molecule has 140 valence electrons. The quantitative estimate of drug-likeness (QED) is 0.659. The van der Waals surface area contributed by atoms with E-state index >= 15 is 0 Å². The molecule has 2 aromatic carbocycles. The zero-order valence-corrected chi connectivity index (χ0v) is 15.8. The van der Waals surface area contributed by atoms with Gasteiger partial charge in [-0.05, 0) is 49.6 Å². The van der Waals surface area contributed by atoms with E-state index in [1.54, 1.807) is 12.1 Å². The maximum absolute atomic E-state index is 13.9. The Balaban J connectivity index is 1.67. The molecule has 0 bridgehead atoms. The van der Waals surface area contributed by atoms with E-state index in [2.05, 4.69) is 5.32 Å². The standard InChI is InChI=1S/C21H25ClFNO2/c1-2-25-21-12-15(13-24-16-6-3-4-7-16)10-11-20(21)26-14-17-18(22)8-5-9-19(17)23/h5,8-12,16,24H,2-4,6-7,13-14H2,1H3. The van der Waals surface area contributed by atoms with E-state index in [4.69, 9.17) is 21.1 Å². The van der Waals surface area contributed by atoms with Crippen LogP contribution in [-0.4, -0.2) is 12.6 Å². The number of hydrogen-bond acceptors (Lipinski definition) is 3. The number of hydrogen-bond donors (Lipinski definition) is 1. The minimum atomic E-state index is -0.368. The van der Waals surface area contributed by atoms with Crippen LogP contribution in [0.1, 0.15) is 43.7 Å². The first-order chi connectivity index (χ1) is 12.7. The van der Waals surface area contributed by atoms with Crippen LogP contribution in [0, 0.1) is 5.82 Å². The van der Waals surface area contributed by atoms with Crippen molar-refractivity contribution in [2.75, 3.05) is 6.61 Å². The molecule has 1 saturated carbocycles. The Bertz CT molecular complexity index is 712. The molecule has 1 aliphatic rings. The SMILES string of the molecule is CCOc1cc(CNC2CCCC2)ccc1OCc1c(F)cccc1Cl. The average Bonchev–Trinajstić information content (AvgIpc) is 3.15. The summed E-state index contributed by atoms with van der Waals surface area (Å²) in [5.74, 6) is 0.898. The van der Waals surface area contributed by atoms with Crippen molar-refractivity contribution < 1.29 is 13.9 Å². The molecule has 0 unspecified atom stereocenters. The Morgan fingerprint density at radius 3 is 2.65 bits per heavy atom. The van der Waals surface area contributed by atoms with Gasteiger partial charge in [0, 0.05) is 18.2 Å². The molecule has 0 saturated heterocycles. The molecule has 1 N–H and O–H groups in total. The van der Waals surface area contributed by atoms with Crippen LogP contribution in [0.4, 0.5) is 4.39 Å². The summed E-state index contributed by atoms with van der Waals surface area (Å²) in [5, 5.41) is 3.96. The fraction of sp³-hybridized carbons (Fsp3) is 0.429. The number of ether oxygens (including phenoxy) is 2. The van der Waals surface area contributed by atoms with E-state index in [1.807, 2.05) is 25.1 Å². The highest BCUT2D eigenvalue weighted by Crippen LogP contribution is 2.31. The topological polar surface area (TPSA) is 30.5 Å². The summed E-state index contributed by atoms with van der Waals surface area (Å²) in [5.41, 5.74) is 1.50. The first-order valence-electron chi connectivity index (χ1n) is 9.22. The van der Waals surface area contributed by atoms with E-state index in [0.717, 1.165) is 12.1 Å². The maximum Gasteiger partial charge on any atom is 0.161 e. The average molecular weight is 378 g/mol. The fourth-order valence-corrected chi connectivity index (χ4v) is 3.48. The number of halogens is 2. The molecule has 3 rings (SSSR count). The molecule has 1 aliphatic carbocycles. The van der Waals surface area contributed by atoms with Crippen molar-refractivity contribution in [1.82, 2.24) is 5.32 Å². The third-order valence-electron chi connectivity index (χ3n) is 4.69. The second-order valence-electron chi connectivity index (χ2n) is 6.57. The second kappa shape index (κ2) is 9.24. The first-order valence-corrected chi connectivity index (χ1v) is 9.60. The van der Waals surface area contributed by atoms with Gasteiger partial charge in [0.2, 0.25) is 0 Å². The van der Waals surface area contributed by atoms with Crippen molar-refractivity contribution in [3.8, 4) is 11.5 Å². The van der Waals surface area contributed by atoms with Crippen LogP contribution < -0.4 is 14.8 Å². The maximum atomic E-state index is 13.9. The zero-order valence-electron chi connectivity index (χ0n) is 15.1. The zero-order chi connectivity index (χ0) is 18.4. The van der Waals surface area contributed by atoms with Gasteiger partial charge in [-0.15, -0.1) is 0 Å². The summed E-state index contributed by atoms with van der Waals surface area (Å²) < 4.78 is 25.4. The summed E-state index contributed by atoms with van der Waals surface area (Å²) in [6, 6.07) is 11.1. The van der Waals surface area contributed by atoms with Crippen molar-refractivity contribution in [2.45, 2.75) is 51.8 Å². The van der Waals surface area contributed by atoms with Crippen molar-refractivity contribution in [3.63, 3.8) is 0 Å². The molecule has 0 aliphatic heterocycles. The summed E-state index contributed by atoms with van der Waals surface area (Å²) >= 11 is 6.07. The van der Waals surface area contributed by atoms with Crippen LogP contribution in [-0.2, 0) is 13.2 Å². The predicted octanol–water partition coefficient (Wildman–Crippen LogP) is 5.49. The molecular weight excluding hydrogens is 353 g/mol. The van der Waals surface area contributed by atoms with Crippen LogP contribution in [0.5, 0.6) is 11.5 Å². The van der Waals surface area contributed by atoms with Crippen LogP contribution in [0.2, 0.25) is 5.02 Å². The van der Waals surface area contributed by atoms with Crippen molar-refractivity contribution >= 4 is 11.6 Å². The minimum Gasteiger partial charge on any atom is -0.490 e. The van der Waals surface area contributed by atoms with Crippen molar-refractivity contribution in [2.24, 2.45) is 0 Å². The highest BCUT2D eigenvalue weighted by atomic mass is 35.5. The van der Waals surface area contributed by atoms with Crippen LogP contribution in [0.15, 0.2) is 36.4 Å². The molecule has 0 amide bonds. The van der Waals surface area contributed by atoms with Crippen LogP contribution >= 0.6 is 11.6 Å². The Morgan fingerprint density at radius 1 is 1.12 bits per heavy atom. The Hall–Kier alpha value is -1.78. The highest BCUT2D eigenvalue weighted by Gasteiger charge is 2.15. The normalized spacial score (nSPS) is 14.6. The van der Waals surface area contributed by atoms with E-state index < -0.39 is 0 Å². The van der Waals surface area contributed by atoms with Gasteiger partial charge in [-0.1, -0.05) is 36.6 Å². The summed E-state index contributed by atoms with van der Waals surface area (Å²) in [6.07, 6.45) is 5.13. The largest absolute Gasteiger partial charge is 0.490 e. The molecule has 0 atom stereocenters. The third-order valence-corrected chi connectivity index (χ3v) is 5.05. The van der Waals surface area contributed by atoms with Gasteiger partial charge in [0.25, 0.3) is 0 Å². The summed E-state index contributed by atoms with van der Waals surface area (Å²) in [7, 11) is 0. The molecule has 5 heteroatoms. The van der Waals surface area contributed by atoms with Crippen molar-refractivity contribution in [3.05, 3.63) is 58.4 Å². The van der Waals surface area contributed by atoms with Gasteiger partial charge in [0.1, 0.15) is 12.4 Å². The minimum absolute atomic E-state index is 0.0608. The third kappa shape index (κ3) is 4.89. The van der Waals surface area contributed by atoms with Gasteiger partial charge >= 0.3 is 0 Å². The molecule has 26 heavy (non-hydrogen) atoms. The fourth-order valence-electron chi connectivity index (χ4n) is 3.26. The van der Waals surface area contributed by atoms with Crippen LogP contribution in [0.25, 0.3) is 0 Å². The molecule has 2 aromatic rings. The van der Waals surface area contributed by atoms with Crippen molar-refractivity contribution in [1.29, 1.82) is 0 Å². The lowest BCUT2D eigenvalue weighted by Gasteiger charge is -2.16. The van der Waals surface area contributed by atoms with E-state index in [9.17, 15) is 4.39 Å². The van der Waals surface area contributed by atoms with E-state index in [0.29, 0.717) is 34.7 Å². The molecule has 0 aromatic heterocycles. The first kappa shape index (κ1) is 19.0. The predicted molar refractivity (Wildman–Crippen MR) is 102 cm³/mol. The monoisotopic (exact) mass is 377 g/mol. The van der Waals surface area contributed by atoms with Gasteiger partial charge in [-0.3, -0.25) is 0 Å². The molecule has 1 fully saturated rings. The molecular formula is C21H25ClFNO2. The Labute approximate surface area is 159 Å². The molecule has 0 heterocycles. The van der Waals surface area contributed by atoms with Gasteiger partial charge in [0.15, 0.2) is 11.5 Å². The lowest BCUT2D eigenvalue weighted by molar-refractivity contribution is 0.265.